The van der Waals surface area contributed by atoms with Crippen LogP contribution < -0.4 is 10.2 Å². The minimum absolute atomic E-state index is 0.00543. The largest absolute Gasteiger partial charge is 0.378 e. The number of aromatic nitrogens is 1. The Morgan fingerprint density at radius 1 is 1.07 bits per heavy atom. The molecule has 2 saturated heterocycles. The second-order valence-corrected chi connectivity index (χ2v) is 7.40. The maximum atomic E-state index is 12.9. The summed E-state index contributed by atoms with van der Waals surface area (Å²) in [6, 6.07) is 12.0. The van der Waals surface area contributed by atoms with Crippen LogP contribution in [0.3, 0.4) is 0 Å². The number of morpholine rings is 1. The smallest absolute Gasteiger partial charge is 0.272 e. The van der Waals surface area contributed by atoms with Gasteiger partial charge in [-0.25, -0.2) is 0 Å². The van der Waals surface area contributed by atoms with E-state index in [4.69, 9.17) is 4.74 Å². The van der Waals surface area contributed by atoms with Gasteiger partial charge in [0.25, 0.3) is 5.91 Å². The van der Waals surface area contributed by atoms with Crippen molar-refractivity contribution in [2.75, 3.05) is 69.2 Å². The van der Waals surface area contributed by atoms with E-state index in [1.54, 1.807) is 6.20 Å². The highest BCUT2D eigenvalue weighted by Crippen LogP contribution is 2.29. The summed E-state index contributed by atoms with van der Waals surface area (Å²) in [6.07, 6.45) is 1.70. The van der Waals surface area contributed by atoms with E-state index in [0.29, 0.717) is 5.69 Å². The van der Waals surface area contributed by atoms with E-state index in [2.05, 4.69) is 39.2 Å². The fourth-order valence-electron chi connectivity index (χ4n) is 3.87. The molecule has 1 N–H and O–H groups in total. The molecule has 0 saturated carbocycles. The summed E-state index contributed by atoms with van der Waals surface area (Å²) in [4.78, 5) is 23.8. The molecule has 1 amide bonds. The Kier molecular flexibility index (Phi) is 6.27. The van der Waals surface area contributed by atoms with Crippen LogP contribution in [0.2, 0.25) is 0 Å². The number of para-hydroxylation sites is 2. The highest BCUT2D eigenvalue weighted by atomic mass is 16.5. The predicted octanol–water partition coefficient (Wildman–Crippen LogP) is 2.44. The van der Waals surface area contributed by atoms with Crippen LogP contribution in [0, 0.1) is 0 Å². The Bertz CT molecular complexity index is 829. The molecule has 7 nitrogen and oxygen atoms in total. The van der Waals surface area contributed by atoms with Gasteiger partial charge < -0.3 is 24.8 Å². The molecule has 0 unspecified atom stereocenters. The Balaban J connectivity index is 1.48. The van der Waals surface area contributed by atoms with Gasteiger partial charge in [0.2, 0.25) is 0 Å². The second kappa shape index (κ2) is 9.24. The Hall–Kier alpha value is -2.64. The Morgan fingerprint density at radius 3 is 2.59 bits per heavy atom. The minimum Gasteiger partial charge on any atom is -0.378 e. The first-order valence-electron chi connectivity index (χ1n) is 10.4. The molecule has 2 fully saturated rings. The average Bonchev–Trinajstić information content (AvgIpc) is 2.80. The predicted molar refractivity (Wildman–Crippen MR) is 115 cm³/mol. The molecule has 0 aliphatic carbocycles. The van der Waals surface area contributed by atoms with Gasteiger partial charge in [0, 0.05) is 51.2 Å². The molecule has 0 radical (unpaired) electrons. The lowest BCUT2D eigenvalue weighted by Gasteiger charge is -2.33. The van der Waals surface area contributed by atoms with Gasteiger partial charge in [-0.1, -0.05) is 19.1 Å². The molecule has 0 spiro atoms. The Morgan fingerprint density at radius 2 is 1.83 bits per heavy atom. The van der Waals surface area contributed by atoms with Crippen LogP contribution in [-0.2, 0) is 4.74 Å². The maximum Gasteiger partial charge on any atom is 0.272 e. The summed E-state index contributed by atoms with van der Waals surface area (Å²) in [5.41, 5.74) is 3.53. The molecule has 2 aromatic rings. The molecule has 0 bridgehead atoms. The second-order valence-electron chi connectivity index (χ2n) is 7.40. The highest BCUT2D eigenvalue weighted by Gasteiger charge is 2.22. The standard InChI is InChI=1S/C22H29N5O2/c1-2-25-9-11-27(12-10-25)22(28)20-17-18(7-8-23-20)24-19-5-3-4-6-21(19)26-13-15-29-16-14-26/h3-8,17H,2,9-16H2,1H3,(H,23,24). The first-order valence-corrected chi connectivity index (χ1v) is 10.4. The van der Waals surface area contributed by atoms with Crippen molar-refractivity contribution < 1.29 is 9.53 Å². The van der Waals surface area contributed by atoms with Gasteiger partial charge in [0.15, 0.2) is 0 Å². The number of nitrogens with one attached hydrogen (secondary N) is 1. The van der Waals surface area contributed by atoms with Crippen molar-refractivity contribution in [1.82, 2.24) is 14.8 Å². The number of rotatable bonds is 5. The van der Waals surface area contributed by atoms with Gasteiger partial charge in [-0.15, -0.1) is 0 Å². The summed E-state index contributed by atoms with van der Waals surface area (Å²) >= 11 is 0. The van der Waals surface area contributed by atoms with Gasteiger partial charge in [0.1, 0.15) is 5.69 Å². The molecule has 7 heteroatoms. The molecule has 0 atom stereocenters. The molecule has 4 rings (SSSR count). The van der Waals surface area contributed by atoms with Gasteiger partial charge in [-0.3, -0.25) is 9.78 Å². The van der Waals surface area contributed by atoms with Crippen LogP contribution in [-0.4, -0.2) is 79.7 Å². The highest BCUT2D eigenvalue weighted by molar-refractivity contribution is 5.93. The first-order chi connectivity index (χ1) is 14.2. The number of pyridine rings is 1. The number of piperazine rings is 1. The topological polar surface area (TPSA) is 60.9 Å². The lowest BCUT2D eigenvalue weighted by atomic mass is 10.2. The van der Waals surface area contributed by atoms with E-state index in [1.807, 2.05) is 29.2 Å². The van der Waals surface area contributed by atoms with Crippen molar-refractivity contribution in [2.45, 2.75) is 6.92 Å². The third-order valence-electron chi connectivity index (χ3n) is 5.62. The third kappa shape index (κ3) is 4.68. The van der Waals surface area contributed by atoms with E-state index < -0.39 is 0 Å². The van der Waals surface area contributed by atoms with Crippen molar-refractivity contribution >= 4 is 23.0 Å². The monoisotopic (exact) mass is 395 g/mol. The number of amides is 1. The van der Waals surface area contributed by atoms with Crippen molar-refractivity contribution in [3.8, 4) is 0 Å². The number of nitrogens with zero attached hydrogens (tertiary/aromatic N) is 4. The van der Waals surface area contributed by atoms with E-state index in [-0.39, 0.29) is 5.91 Å². The summed E-state index contributed by atoms with van der Waals surface area (Å²) in [5.74, 6) is 0.00543. The number of anilines is 3. The zero-order valence-electron chi connectivity index (χ0n) is 17.0. The van der Waals surface area contributed by atoms with Crippen LogP contribution in [0.5, 0.6) is 0 Å². The number of benzene rings is 1. The molecule has 2 aliphatic heterocycles. The summed E-state index contributed by atoms with van der Waals surface area (Å²) in [6.45, 7) is 9.79. The zero-order valence-corrected chi connectivity index (χ0v) is 17.0. The number of carbonyl (C=O) groups is 1. The number of ether oxygens (including phenoxy) is 1. The molecule has 1 aromatic heterocycles. The quantitative estimate of drug-likeness (QED) is 0.839. The fourth-order valence-corrected chi connectivity index (χ4v) is 3.87. The average molecular weight is 396 g/mol. The van der Waals surface area contributed by atoms with Crippen LogP contribution in [0.15, 0.2) is 42.6 Å². The molecule has 154 valence electrons. The molecular formula is C22H29N5O2. The van der Waals surface area contributed by atoms with E-state index in [1.165, 1.54) is 0 Å². The van der Waals surface area contributed by atoms with Crippen molar-refractivity contribution in [3.63, 3.8) is 0 Å². The van der Waals surface area contributed by atoms with Crippen molar-refractivity contribution in [1.29, 1.82) is 0 Å². The summed E-state index contributed by atoms with van der Waals surface area (Å²) in [5, 5.41) is 3.48. The number of hydrogen-bond acceptors (Lipinski definition) is 6. The summed E-state index contributed by atoms with van der Waals surface area (Å²) < 4.78 is 5.48. The van der Waals surface area contributed by atoms with Crippen molar-refractivity contribution in [3.05, 3.63) is 48.3 Å². The molecule has 29 heavy (non-hydrogen) atoms. The molecule has 3 heterocycles. The van der Waals surface area contributed by atoms with Crippen LogP contribution >= 0.6 is 0 Å². The Labute approximate surface area is 172 Å². The van der Waals surface area contributed by atoms with E-state index in [0.717, 1.165) is 76.1 Å². The molecule has 2 aliphatic rings. The third-order valence-corrected chi connectivity index (χ3v) is 5.62. The van der Waals surface area contributed by atoms with Gasteiger partial charge in [-0.05, 0) is 30.8 Å². The lowest BCUT2D eigenvalue weighted by Crippen LogP contribution is -2.48. The minimum atomic E-state index is 0.00543. The number of carbonyl (C=O) groups excluding carboxylic acids is 1. The van der Waals surface area contributed by atoms with Gasteiger partial charge >= 0.3 is 0 Å². The number of hydrogen-bond donors (Lipinski definition) is 1. The first kappa shape index (κ1) is 19.7. The molecule has 1 aromatic carbocycles. The zero-order chi connectivity index (χ0) is 20.1. The van der Waals surface area contributed by atoms with Crippen LogP contribution in [0.1, 0.15) is 17.4 Å². The fraction of sp³-hybridized carbons (Fsp3) is 0.455. The number of likely N-dealkylation sites (N-methyl/N-ethyl adjacent to an activating group) is 1. The summed E-state index contributed by atoms with van der Waals surface area (Å²) in [7, 11) is 0. The lowest BCUT2D eigenvalue weighted by molar-refractivity contribution is 0.0637. The van der Waals surface area contributed by atoms with E-state index >= 15 is 0 Å². The normalized spacial score (nSPS) is 18.0. The molecular weight excluding hydrogens is 366 g/mol. The maximum absolute atomic E-state index is 12.9. The van der Waals surface area contributed by atoms with Crippen LogP contribution in [0.25, 0.3) is 0 Å². The van der Waals surface area contributed by atoms with Crippen LogP contribution in [0.4, 0.5) is 17.1 Å². The van der Waals surface area contributed by atoms with E-state index in [9.17, 15) is 4.79 Å². The SMILES string of the molecule is CCN1CCN(C(=O)c2cc(Nc3ccccc3N3CCOCC3)ccn2)CC1. The van der Waals surface area contributed by atoms with Gasteiger partial charge in [-0.2, -0.15) is 0 Å². The van der Waals surface area contributed by atoms with Crippen molar-refractivity contribution in [2.24, 2.45) is 0 Å². The van der Waals surface area contributed by atoms with Gasteiger partial charge in [0.05, 0.1) is 24.6 Å².